The number of carbonyl (C=O) groups excluding carboxylic acids is 1. The van der Waals surface area contributed by atoms with Crippen molar-refractivity contribution in [2.24, 2.45) is 0 Å². The van der Waals surface area contributed by atoms with Crippen molar-refractivity contribution in [2.75, 3.05) is 14.2 Å². The Morgan fingerprint density at radius 2 is 1.73 bits per heavy atom. The third-order valence-electron chi connectivity index (χ3n) is 6.45. The van der Waals surface area contributed by atoms with E-state index in [1.807, 2.05) is 86.6 Å². The molecule has 0 spiro atoms. The first-order valence-electron chi connectivity index (χ1n) is 11.9. The van der Waals surface area contributed by atoms with E-state index >= 15 is 0 Å². The maximum absolute atomic E-state index is 13.4. The number of methoxy groups -OCH3 is 2. The molecule has 1 unspecified atom stereocenters. The van der Waals surface area contributed by atoms with Gasteiger partial charge >= 0.3 is 6.03 Å². The Kier molecular flexibility index (Phi) is 6.64. The second-order valence-electron chi connectivity index (χ2n) is 8.86. The maximum atomic E-state index is 13.4. The zero-order valence-corrected chi connectivity index (χ0v) is 21.2. The first kappa shape index (κ1) is 24.1. The molecule has 1 aliphatic heterocycles. The summed E-state index contributed by atoms with van der Waals surface area (Å²) in [6.07, 6.45) is 0. The van der Waals surface area contributed by atoms with Gasteiger partial charge in [-0.2, -0.15) is 4.98 Å². The third kappa shape index (κ3) is 4.78. The van der Waals surface area contributed by atoms with Crippen LogP contribution in [0.25, 0.3) is 17.0 Å². The van der Waals surface area contributed by atoms with Crippen molar-refractivity contribution in [1.29, 1.82) is 0 Å². The van der Waals surface area contributed by atoms with Crippen LogP contribution in [0.15, 0.2) is 83.0 Å². The highest BCUT2D eigenvalue weighted by Crippen LogP contribution is 2.40. The van der Waals surface area contributed by atoms with E-state index < -0.39 is 6.04 Å². The summed E-state index contributed by atoms with van der Waals surface area (Å²) in [5, 5.41) is 7.39. The van der Waals surface area contributed by atoms with Crippen molar-refractivity contribution in [3.05, 3.63) is 101 Å². The van der Waals surface area contributed by atoms with Gasteiger partial charge in [-0.05, 0) is 43.2 Å². The third-order valence-corrected chi connectivity index (χ3v) is 6.45. The minimum atomic E-state index is -0.537. The number of amides is 2. The normalized spacial score (nSPS) is 15.5. The average Bonchev–Trinajstić information content (AvgIpc) is 3.41. The molecular formula is C29H28N4O4. The van der Waals surface area contributed by atoms with Crippen LogP contribution in [-0.2, 0) is 6.54 Å². The van der Waals surface area contributed by atoms with E-state index in [0.29, 0.717) is 35.3 Å². The van der Waals surface area contributed by atoms with Crippen LogP contribution in [0.3, 0.4) is 0 Å². The zero-order valence-electron chi connectivity index (χ0n) is 21.2. The second-order valence-corrected chi connectivity index (χ2v) is 8.86. The zero-order chi connectivity index (χ0) is 25.9. The van der Waals surface area contributed by atoms with Crippen LogP contribution >= 0.6 is 0 Å². The van der Waals surface area contributed by atoms with Gasteiger partial charge in [0.25, 0.3) is 5.89 Å². The quantitative estimate of drug-likeness (QED) is 0.350. The molecule has 8 nitrogen and oxygen atoms in total. The number of carbonyl (C=O) groups is 1. The highest BCUT2D eigenvalue weighted by atomic mass is 16.5. The Labute approximate surface area is 215 Å². The predicted molar refractivity (Wildman–Crippen MR) is 140 cm³/mol. The number of benzene rings is 3. The summed E-state index contributed by atoms with van der Waals surface area (Å²) in [4.78, 5) is 19.8. The molecule has 0 aliphatic carbocycles. The molecule has 3 aromatic carbocycles. The summed E-state index contributed by atoms with van der Waals surface area (Å²) in [6, 6.07) is 22.6. The predicted octanol–water partition coefficient (Wildman–Crippen LogP) is 5.76. The van der Waals surface area contributed by atoms with Crippen LogP contribution in [-0.4, -0.2) is 35.3 Å². The molecule has 4 aromatic rings. The molecule has 1 N–H and O–H groups in total. The first-order valence-corrected chi connectivity index (χ1v) is 11.9. The molecule has 1 aliphatic rings. The summed E-state index contributed by atoms with van der Waals surface area (Å²) in [5.41, 5.74) is 5.21. The summed E-state index contributed by atoms with van der Waals surface area (Å²) < 4.78 is 16.7. The summed E-state index contributed by atoms with van der Waals surface area (Å²) in [7, 11) is 3.17. The van der Waals surface area contributed by atoms with Gasteiger partial charge < -0.3 is 19.3 Å². The molecule has 0 saturated heterocycles. The van der Waals surface area contributed by atoms with E-state index in [0.717, 1.165) is 28.0 Å². The molecule has 0 saturated carbocycles. The number of allylic oxidation sites excluding steroid dienone is 1. The molecule has 1 aromatic heterocycles. The number of aryl methyl sites for hydroxylation is 1. The van der Waals surface area contributed by atoms with Gasteiger partial charge in [-0.25, -0.2) is 4.79 Å². The molecule has 5 rings (SSSR count). The van der Waals surface area contributed by atoms with E-state index in [1.165, 1.54) is 0 Å². The fourth-order valence-electron chi connectivity index (χ4n) is 4.53. The lowest BCUT2D eigenvalue weighted by Crippen LogP contribution is -2.45. The maximum Gasteiger partial charge on any atom is 0.322 e. The second kappa shape index (κ2) is 10.2. The number of aromatic nitrogens is 2. The van der Waals surface area contributed by atoms with Crippen molar-refractivity contribution < 1.29 is 18.8 Å². The van der Waals surface area contributed by atoms with Crippen LogP contribution in [0.4, 0.5) is 4.79 Å². The van der Waals surface area contributed by atoms with E-state index in [2.05, 4.69) is 10.5 Å². The number of hydrogen-bond acceptors (Lipinski definition) is 6. The standard InChI is InChI=1S/C29H28N4O4/c1-18-9-8-12-22(15-18)27-31-28(37-32-27)25-19(2)33(17-20-10-6-5-7-11-20)29(34)30-26(25)21-13-14-23(35-3)24(16-21)36-4/h5-16,26H,17H2,1-4H3,(H,30,34). The molecule has 0 radical (unpaired) electrons. The highest BCUT2D eigenvalue weighted by Gasteiger charge is 2.36. The van der Waals surface area contributed by atoms with Gasteiger partial charge in [-0.1, -0.05) is 65.3 Å². The topological polar surface area (TPSA) is 89.7 Å². The first-order chi connectivity index (χ1) is 18.0. The number of urea groups is 1. The van der Waals surface area contributed by atoms with Gasteiger partial charge in [-0.15, -0.1) is 0 Å². The Bertz CT molecular complexity index is 1460. The number of nitrogens with one attached hydrogen (secondary N) is 1. The molecular weight excluding hydrogens is 468 g/mol. The van der Waals surface area contributed by atoms with Gasteiger partial charge in [0.2, 0.25) is 5.82 Å². The lowest BCUT2D eigenvalue weighted by molar-refractivity contribution is 0.203. The van der Waals surface area contributed by atoms with Gasteiger partial charge in [0.05, 0.1) is 32.4 Å². The SMILES string of the molecule is COc1ccc(C2NC(=O)N(Cc3ccccc3)C(C)=C2c2nc(-c3cccc(C)c3)no2)cc1OC. The largest absolute Gasteiger partial charge is 0.493 e. The summed E-state index contributed by atoms with van der Waals surface area (Å²) >= 11 is 0. The van der Waals surface area contributed by atoms with Gasteiger partial charge in [-0.3, -0.25) is 4.90 Å². The molecule has 188 valence electrons. The smallest absolute Gasteiger partial charge is 0.322 e. The number of ether oxygens (including phenoxy) is 2. The average molecular weight is 497 g/mol. The van der Waals surface area contributed by atoms with Gasteiger partial charge in [0, 0.05) is 11.3 Å². The molecule has 0 fully saturated rings. The summed E-state index contributed by atoms with van der Waals surface area (Å²) in [6.45, 7) is 4.32. The molecule has 0 bridgehead atoms. The van der Waals surface area contributed by atoms with Crippen LogP contribution in [0.1, 0.15) is 35.5 Å². The molecule has 8 heteroatoms. The number of nitrogens with zero attached hydrogens (tertiary/aromatic N) is 3. The molecule has 2 heterocycles. The van der Waals surface area contributed by atoms with E-state index in [4.69, 9.17) is 19.0 Å². The van der Waals surface area contributed by atoms with Crippen molar-refractivity contribution >= 4 is 11.6 Å². The Morgan fingerprint density at radius 3 is 2.46 bits per heavy atom. The minimum absolute atomic E-state index is 0.219. The highest BCUT2D eigenvalue weighted by molar-refractivity contribution is 5.87. The van der Waals surface area contributed by atoms with E-state index in [9.17, 15) is 4.79 Å². The van der Waals surface area contributed by atoms with Crippen molar-refractivity contribution in [2.45, 2.75) is 26.4 Å². The van der Waals surface area contributed by atoms with Gasteiger partial charge in [0.1, 0.15) is 0 Å². The van der Waals surface area contributed by atoms with Crippen molar-refractivity contribution in [1.82, 2.24) is 20.4 Å². The van der Waals surface area contributed by atoms with Crippen molar-refractivity contribution in [3.8, 4) is 22.9 Å². The minimum Gasteiger partial charge on any atom is -0.493 e. The fourth-order valence-corrected chi connectivity index (χ4v) is 4.53. The van der Waals surface area contributed by atoms with Crippen LogP contribution in [0.2, 0.25) is 0 Å². The molecule has 2 amide bonds. The van der Waals surface area contributed by atoms with Crippen LogP contribution < -0.4 is 14.8 Å². The van der Waals surface area contributed by atoms with E-state index in [-0.39, 0.29) is 6.03 Å². The van der Waals surface area contributed by atoms with Gasteiger partial charge in [0.15, 0.2) is 11.5 Å². The van der Waals surface area contributed by atoms with E-state index in [1.54, 1.807) is 19.1 Å². The molecule has 37 heavy (non-hydrogen) atoms. The van der Waals surface area contributed by atoms with Crippen LogP contribution in [0, 0.1) is 6.92 Å². The number of rotatable bonds is 7. The monoisotopic (exact) mass is 496 g/mol. The van der Waals surface area contributed by atoms with Crippen molar-refractivity contribution in [3.63, 3.8) is 0 Å². The molecule has 1 atom stereocenters. The Balaban J connectivity index is 1.62. The lowest BCUT2D eigenvalue weighted by Gasteiger charge is -2.35. The Morgan fingerprint density at radius 1 is 0.946 bits per heavy atom. The Hall–Kier alpha value is -4.59. The summed E-state index contributed by atoms with van der Waals surface area (Å²) in [5.74, 6) is 1.98. The number of hydrogen-bond donors (Lipinski definition) is 1. The lowest BCUT2D eigenvalue weighted by atomic mass is 9.94. The van der Waals surface area contributed by atoms with Crippen LogP contribution in [0.5, 0.6) is 11.5 Å². The fraction of sp³-hybridized carbons (Fsp3) is 0.207.